The third-order valence-electron chi connectivity index (χ3n) is 2.99. The number of hydrogen-bond acceptors (Lipinski definition) is 6. The van der Waals surface area contributed by atoms with E-state index in [9.17, 15) is 0 Å². The molecule has 0 unspecified atom stereocenters. The van der Waals surface area contributed by atoms with Crippen LogP contribution in [0.4, 0.5) is 5.82 Å². The quantitative estimate of drug-likeness (QED) is 0.796. The predicted octanol–water partition coefficient (Wildman–Crippen LogP) is 2.30. The molecule has 0 saturated carbocycles. The molecule has 0 saturated heterocycles. The molecule has 20 heavy (non-hydrogen) atoms. The summed E-state index contributed by atoms with van der Waals surface area (Å²) in [7, 11) is 2.03. The van der Waals surface area contributed by atoms with E-state index >= 15 is 0 Å². The van der Waals surface area contributed by atoms with Gasteiger partial charge in [-0.1, -0.05) is 6.07 Å². The molecule has 0 amide bonds. The fourth-order valence-electron chi connectivity index (χ4n) is 2.10. The maximum Gasteiger partial charge on any atom is 0.146 e. The Bertz CT molecular complexity index is 710. The lowest BCUT2D eigenvalue weighted by Gasteiger charge is -2.15. The highest BCUT2D eigenvalue weighted by Gasteiger charge is 2.09. The van der Waals surface area contributed by atoms with Gasteiger partial charge in [-0.25, -0.2) is 9.97 Å². The van der Waals surface area contributed by atoms with Crippen LogP contribution in [0.2, 0.25) is 0 Å². The minimum atomic E-state index is 0.557. The lowest BCUT2D eigenvalue weighted by atomic mass is 10.2. The molecule has 3 aromatic heterocycles. The third kappa shape index (κ3) is 2.76. The van der Waals surface area contributed by atoms with Crippen LogP contribution < -0.4 is 5.73 Å². The average Bonchev–Trinajstić information content (AvgIpc) is 2.88. The number of pyridine rings is 1. The Labute approximate surface area is 121 Å². The van der Waals surface area contributed by atoms with Crippen LogP contribution >= 0.6 is 11.3 Å². The Morgan fingerprint density at radius 3 is 2.95 bits per heavy atom. The van der Waals surface area contributed by atoms with Crippen LogP contribution in [0.5, 0.6) is 0 Å². The zero-order valence-corrected chi connectivity index (χ0v) is 12.0. The van der Waals surface area contributed by atoms with Crippen molar-refractivity contribution >= 4 is 27.4 Å². The van der Waals surface area contributed by atoms with E-state index in [4.69, 9.17) is 5.73 Å². The highest BCUT2D eigenvalue weighted by atomic mass is 32.1. The molecular formula is C14H15N5S. The van der Waals surface area contributed by atoms with E-state index in [1.807, 2.05) is 30.8 Å². The van der Waals surface area contributed by atoms with E-state index in [1.54, 1.807) is 17.5 Å². The van der Waals surface area contributed by atoms with Gasteiger partial charge < -0.3 is 5.73 Å². The Hall–Kier alpha value is -2.05. The smallest absolute Gasteiger partial charge is 0.146 e. The maximum atomic E-state index is 5.96. The summed E-state index contributed by atoms with van der Waals surface area (Å²) in [5.41, 5.74) is 7.12. The molecule has 0 aliphatic heterocycles. The number of aromatic nitrogens is 3. The summed E-state index contributed by atoms with van der Waals surface area (Å²) >= 11 is 1.59. The second-order valence-electron chi connectivity index (χ2n) is 4.70. The van der Waals surface area contributed by atoms with Gasteiger partial charge in [0.1, 0.15) is 16.5 Å². The van der Waals surface area contributed by atoms with Crippen LogP contribution in [0.25, 0.3) is 10.2 Å². The van der Waals surface area contributed by atoms with Gasteiger partial charge in [-0.05, 0) is 30.1 Å². The first-order chi connectivity index (χ1) is 9.72. The van der Waals surface area contributed by atoms with Crippen molar-refractivity contribution in [3.8, 4) is 0 Å². The van der Waals surface area contributed by atoms with Crippen LogP contribution in [0.1, 0.15) is 11.4 Å². The standard InChI is InChI=1S/C14H15N5S/c1-19(8-10-3-2-5-16-7-10)9-12-17-13(15)11-4-6-20-14(11)18-12/h2-7H,8-9H2,1H3,(H2,15,17,18). The summed E-state index contributed by atoms with van der Waals surface area (Å²) in [6.07, 6.45) is 3.65. The molecule has 3 rings (SSSR count). The molecule has 0 bridgehead atoms. The first-order valence-electron chi connectivity index (χ1n) is 6.29. The molecule has 3 aromatic rings. The monoisotopic (exact) mass is 285 g/mol. The summed E-state index contributed by atoms with van der Waals surface area (Å²) in [5, 5.41) is 2.92. The van der Waals surface area contributed by atoms with Gasteiger partial charge in [0, 0.05) is 18.9 Å². The van der Waals surface area contributed by atoms with E-state index in [0.29, 0.717) is 12.4 Å². The molecule has 0 aliphatic rings. The van der Waals surface area contributed by atoms with Gasteiger partial charge in [0.2, 0.25) is 0 Å². The first-order valence-corrected chi connectivity index (χ1v) is 7.17. The normalized spacial score (nSPS) is 11.3. The number of fused-ring (bicyclic) bond motifs is 1. The van der Waals surface area contributed by atoms with Crippen molar-refractivity contribution < 1.29 is 0 Å². The van der Waals surface area contributed by atoms with Crippen molar-refractivity contribution in [2.24, 2.45) is 0 Å². The largest absolute Gasteiger partial charge is 0.383 e. The third-order valence-corrected chi connectivity index (χ3v) is 3.79. The fraction of sp³-hybridized carbons (Fsp3) is 0.214. The molecule has 0 radical (unpaired) electrons. The van der Waals surface area contributed by atoms with E-state index < -0.39 is 0 Å². The molecule has 0 aliphatic carbocycles. The van der Waals surface area contributed by atoms with E-state index in [2.05, 4.69) is 25.9 Å². The van der Waals surface area contributed by atoms with E-state index in [0.717, 1.165) is 22.6 Å². The topological polar surface area (TPSA) is 67.9 Å². The van der Waals surface area contributed by atoms with Crippen molar-refractivity contribution in [1.29, 1.82) is 0 Å². The fourth-order valence-corrected chi connectivity index (χ4v) is 2.89. The minimum Gasteiger partial charge on any atom is -0.383 e. The summed E-state index contributed by atoms with van der Waals surface area (Å²) in [5.74, 6) is 1.31. The molecule has 0 atom stereocenters. The molecule has 2 N–H and O–H groups in total. The van der Waals surface area contributed by atoms with E-state index in [1.165, 1.54) is 5.56 Å². The molecule has 0 aromatic carbocycles. The van der Waals surface area contributed by atoms with Gasteiger partial charge in [-0.2, -0.15) is 0 Å². The highest BCUT2D eigenvalue weighted by molar-refractivity contribution is 7.16. The number of nitrogens with two attached hydrogens (primary N) is 1. The summed E-state index contributed by atoms with van der Waals surface area (Å²) in [4.78, 5) is 16.1. The van der Waals surface area contributed by atoms with Gasteiger partial charge in [0.15, 0.2) is 0 Å². The Morgan fingerprint density at radius 2 is 2.15 bits per heavy atom. The zero-order chi connectivity index (χ0) is 13.9. The molecule has 5 nitrogen and oxygen atoms in total. The van der Waals surface area contributed by atoms with E-state index in [-0.39, 0.29) is 0 Å². The number of hydrogen-bond donors (Lipinski definition) is 1. The van der Waals surface area contributed by atoms with Crippen LogP contribution in [0, 0.1) is 0 Å². The molecule has 6 heteroatoms. The van der Waals surface area contributed by atoms with Crippen molar-refractivity contribution in [2.75, 3.05) is 12.8 Å². The highest BCUT2D eigenvalue weighted by Crippen LogP contribution is 2.23. The lowest BCUT2D eigenvalue weighted by molar-refractivity contribution is 0.311. The van der Waals surface area contributed by atoms with Crippen LogP contribution in [0.15, 0.2) is 36.0 Å². The minimum absolute atomic E-state index is 0.557. The summed E-state index contributed by atoms with van der Waals surface area (Å²) in [6.45, 7) is 1.46. The average molecular weight is 285 g/mol. The summed E-state index contributed by atoms with van der Waals surface area (Å²) in [6, 6.07) is 5.95. The van der Waals surface area contributed by atoms with Gasteiger partial charge in [-0.15, -0.1) is 11.3 Å². The second-order valence-corrected chi connectivity index (χ2v) is 5.59. The van der Waals surface area contributed by atoms with Crippen molar-refractivity contribution in [3.05, 3.63) is 47.4 Å². The van der Waals surface area contributed by atoms with Crippen molar-refractivity contribution in [3.63, 3.8) is 0 Å². The molecule has 3 heterocycles. The zero-order valence-electron chi connectivity index (χ0n) is 11.2. The van der Waals surface area contributed by atoms with Crippen molar-refractivity contribution in [2.45, 2.75) is 13.1 Å². The first kappa shape index (κ1) is 13.0. The van der Waals surface area contributed by atoms with Gasteiger partial charge >= 0.3 is 0 Å². The SMILES string of the molecule is CN(Cc1cccnc1)Cc1nc(N)c2ccsc2n1. The van der Waals surface area contributed by atoms with Gasteiger partial charge in [-0.3, -0.25) is 9.88 Å². The number of thiophene rings is 1. The predicted molar refractivity (Wildman–Crippen MR) is 81.2 cm³/mol. The maximum absolute atomic E-state index is 5.96. The Balaban J connectivity index is 1.75. The molecule has 0 fully saturated rings. The van der Waals surface area contributed by atoms with Gasteiger partial charge in [0.25, 0.3) is 0 Å². The second kappa shape index (κ2) is 5.52. The van der Waals surface area contributed by atoms with Crippen LogP contribution in [0.3, 0.4) is 0 Å². The number of nitrogens with zero attached hydrogens (tertiary/aromatic N) is 4. The molecular weight excluding hydrogens is 270 g/mol. The van der Waals surface area contributed by atoms with Crippen molar-refractivity contribution in [1.82, 2.24) is 19.9 Å². The summed E-state index contributed by atoms with van der Waals surface area (Å²) < 4.78 is 0. The van der Waals surface area contributed by atoms with Crippen LogP contribution in [-0.2, 0) is 13.1 Å². The number of rotatable bonds is 4. The van der Waals surface area contributed by atoms with Crippen LogP contribution in [-0.4, -0.2) is 26.9 Å². The van der Waals surface area contributed by atoms with Gasteiger partial charge in [0.05, 0.1) is 11.9 Å². The Kier molecular flexibility index (Phi) is 3.58. The number of anilines is 1. The molecule has 102 valence electrons. The number of nitrogen functional groups attached to an aromatic ring is 1. The lowest BCUT2D eigenvalue weighted by Crippen LogP contribution is -2.19. The molecule has 0 spiro atoms. The Morgan fingerprint density at radius 1 is 1.25 bits per heavy atom.